The molecule has 1 atom stereocenters. The average molecular weight is 280 g/mol. The zero-order valence-corrected chi connectivity index (χ0v) is 12.1. The van der Waals surface area contributed by atoms with Crippen LogP contribution < -0.4 is 5.73 Å². The first kappa shape index (κ1) is 13.7. The molecule has 0 saturated heterocycles. The van der Waals surface area contributed by atoms with Crippen molar-refractivity contribution in [1.29, 1.82) is 0 Å². The smallest absolute Gasteiger partial charge is 0.126 e. The van der Waals surface area contributed by atoms with E-state index < -0.39 is 0 Å². The Kier molecular flexibility index (Phi) is 3.43. The van der Waals surface area contributed by atoms with Gasteiger partial charge in [0.25, 0.3) is 0 Å². The Morgan fingerprint density at radius 2 is 1.76 bits per heavy atom. The van der Waals surface area contributed by atoms with Gasteiger partial charge in [0.1, 0.15) is 5.82 Å². The summed E-state index contributed by atoms with van der Waals surface area (Å²) < 4.78 is 13.4. The number of nitrogens with two attached hydrogens (primary N) is 1. The van der Waals surface area contributed by atoms with Gasteiger partial charge >= 0.3 is 0 Å². The molecule has 1 unspecified atom stereocenters. The molecule has 0 bridgehead atoms. The number of halogens is 1. The minimum absolute atomic E-state index is 0.214. The second kappa shape index (κ2) is 5.26. The number of rotatable bonds is 2. The maximum Gasteiger partial charge on any atom is 0.126 e. The van der Waals surface area contributed by atoms with E-state index in [2.05, 4.69) is 18.0 Å². The molecule has 0 aliphatic heterocycles. The summed E-state index contributed by atoms with van der Waals surface area (Å²) in [6, 6.07) is 14.6. The quantitative estimate of drug-likeness (QED) is 0.769. The number of para-hydroxylation sites is 1. The molecule has 0 saturated carbocycles. The molecule has 3 heteroatoms. The molecule has 21 heavy (non-hydrogen) atoms. The van der Waals surface area contributed by atoms with Crippen LogP contribution in [0.15, 0.2) is 48.5 Å². The SMILES string of the molecule is Cc1cc(C(N)c2cc(C)c3ccccc3n2)ccc1F. The zero-order valence-electron chi connectivity index (χ0n) is 12.1. The summed E-state index contributed by atoms with van der Waals surface area (Å²) >= 11 is 0. The third-order valence-corrected chi connectivity index (χ3v) is 3.80. The van der Waals surface area contributed by atoms with Gasteiger partial charge in [-0.15, -0.1) is 0 Å². The highest BCUT2D eigenvalue weighted by atomic mass is 19.1. The van der Waals surface area contributed by atoms with E-state index in [0.717, 1.165) is 27.7 Å². The maximum atomic E-state index is 13.4. The number of fused-ring (bicyclic) bond motifs is 1. The third kappa shape index (κ3) is 2.52. The fourth-order valence-electron chi connectivity index (χ4n) is 2.57. The highest BCUT2D eigenvalue weighted by Gasteiger charge is 2.13. The standard InChI is InChI=1S/C18H17FN2/c1-11-10-17(21-16-6-4-3-5-14(11)16)18(20)13-7-8-15(19)12(2)9-13/h3-10,18H,20H2,1-2H3. The van der Waals surface area contributed by atoms with E-state index in [4.69, 9.17) is 5.73 Å². The molecule has 0 aliphatic carbocycles. The first-order valence-electron chi connectivity index (χ1n) is 6.94. The number of aromatic nitrogens is 1. The minimum Gasteiger partial charge on any atom is -0.319 e. The summed E-state index contributed by atoms with van der Waals surface area (Å²) in [5, 5.41) is 1.13. The largest absolute Gasteiger partial charge is 0.319 e. The zero-order chi connectivity index (χ0) is 15.0. The highest BCUT2D eigenvalue weighted by molar-refractivity contribution is 5.82. The van der Waals surface area contributed by atoms with Crippen molar-refractivity contribution in [2.75, 3.05) is 0 Å². The normalized spacial score (nSPS) is 12.6. The van der Waals surface area contributed by atoms with Gasteiger partial charge in [-0.25, -0.2) is 4.39 Å². The Bertz CT molecular complexity index is 811. The summed E-state index contributed by atoms with van der Waals surface area (Å²) in [6.45, 7) is 3.79. The number of nitrogens with zero attached hydrogens (tertiary/aromatic N) is 1. The van der Waals surface area contributed by atoms with Gasteiger partial charge < -0.3 is 5.73 Å². The van der Waals surface area contributed by atoms with Crippen LogP contribution in [0.2, 0.25) is 0 Å². The van der Waals surface area contributed by atoms with Gasteiger partial charge in [0.15, 0.2) is 0 Å². The lowest BCUT2D eigenvalue weighted by Crippen LogP contribution is -2.14. The summed E-state index contributed by atoms with van der Waals surface area (Å²) in [5.41, 5.74) is 10.7. The summed E-state index contributed by atoms with van der Waals surface area (Å²) in [5.74, 6) is -0.214. The van der Waals surface area contributed by atoms with Gasteiger partial charge in [-0.05, 0) is 48.7 Å². The molecule has 2 aromatic carbocycles. The van der Waals surface area contributed by atoms with Crippen molar-refractivity contribution in [3.63, 3.8) is 0 Å². The topological polar surface area (TPSA) is 38.9 Å². The van der Waals surface area contributed by atoms with Gasteiger partial charge in [-0.3, -0.25) is 4.98 Å². The van der Waals surface area contributed by atoms with E-state index in [0.29, 0.717) is 5.56 Å². The molecule has 3 aromatic rings. The molecule has 0 fully saturated rings. The summed E-state index contributed by atoms with van der Waals surface area (Å²) in [6.07, 6.45) is 0. The van der Waals surface area contributed by atoms with Crippen LogP contribution in [0.25, 0.3) is 10.9 Å². The molecule has 106 valence electrons. The molecule has 1 aromatic heterocycles. The van der Waals surface area contributed by atoms with Crippen LogP contribution in [0.4, 0.5) is 4.39 Å². The number of benzene rings is 2. The first-order valence-corrected chi connectivity index (χ1v) is 6.94. The van der Waals surface area contributed by atoms with E-state index >= 15 is 0 Å². The molecular weight excluding hydrogens is 263 g/mol. The lowest BCUT2D eigenvalue weighted by Gasteiger charge is -2.14. The summed E-state index contributed by atoms with van der Waals surface area (Å²) in [4.78, 5) is 4.65. The molecular formula is C18H17FN2. The van der Waals surface area contributed by atoms with Crippen molar-refractivity contribution >= 4 is 10.9 Å². The van der Waals surface area contributed by atoms with E-state index in [-0.39, 0.29) is 11.9 Å². The Hall–Kier alpha value is -2.26. The lowest BCUT2D eigenvalue weighted by molar-refractivity contribution is 0.616. The van der Waals surface area contributed by atoms with Crippen LogP contribution in [0.5, 0.6) is 0 Å². The molecule has 0 amide bonds. The summed E-state index contributed by atoms with van der Waals surface area (Å²) in [7, 11) is 0. The van der Waals surface area contributed by atoms with Crippen LogP contribution in [0.1, 0.15) is 28.4 Å². The number of hydrogen-bond acceptors (Lipinski definition) is 2. The predicted octanol–water partition coefficient (Wildman–Crippen LogP) is 4.04. The number of hydrogen-bond donors (Lipinski definition) is 1. The van der Waals surface area contributed by atoms with Gasteiger partial charge in [0.2, 0.25) is 0 Å². The second-order valence-corrected chi connectivity index (χ2v) is 5.37. The van der Waals surface area contributed by atoms with Crippen LogP contribution in [-0.4, -0.2) is 4.98 Å². The van der Waals surface area contributed by atoms with Gasteiger partial charge in [-0.2, -0.15) is 0 Å². The van der Waals surface area contributed by atoms with Crippen LogP contribution in [0, 0.1) is 19.7 Å². The van der Waals surface area contributed by atoms with Crippen molar-refractivity contribution in [2.24, 2.45) is 5.73 Å². The Labute approximate surface area is 123 Å². The third-order valence-electron chi connectivity index (χ3n) is 3.80. The van der Waals surface area contributed by atoms with Gasteiger partial charge in [0, 0.05) is 5.39 Å². The Balaban J connectivity index is 2.08. The average Bonchev–Trinajstić information content (AvgIpc) is 2.49. The molecule has 1 heterocycles. The van der Waals surface area contributed by atoms with Crippen molar-refractivity contribution in [2.45, 2.75) is 19.9 Å². The Morgan fingerprint density at radius 1 is 1.00 bits per heavy atom. The lowest BCUT2D eigenvalue weighted by atomic mass is 9.99. The van der Waals surface area contributed by atoms with E-state index in [9.17, 15) is 4.39 Å². The fraction of sp³-hybridized carbons (Fsp3) is 0.167. The first-order chi connectivity index (χ1) is 10.1. The van der Waals surface area contributed by atoms with Crippen molar-refractivity contribution in [3.05, 3.63) is 76.7 Å². The monoisotopic (exact) mass is 280 g/mol. The second-order valence-electron chi connectivity index (χ2n) is 5.37. The fourth-order valence-corrected chi connectivity index (χ4v) is 2.57. The van der Waals surface area contributed by atoms with E-state index in [1.54, 1.807) is 19.1 Å². The van der Waals surface area contributed by atoms with Crippen molar-refractivity contribution < 1.29 is 4.39 Å². The minimum atomic E-state index is -0.354. The van der Waals surface area contributed by atoms with E-state index in [1.807, 2.05) is 24.3 Å². The van der Waals surface area contributed by atoms with Crippen molar-refractivity contribution in [1.82, 2.24) is 4.98 Å². The van der Waals surface area contributed by atoms with Crippen LogP contribution in [0.3, 0.4) is 0 Å². The predicted molar refractivity (Wildman–Crippen MR) is 83.6 cm³/mol. The molecule has 0 aliphatic rings. The van der Waals surface area contributed by atoms with Gasteiger partial charge in [0.05, 0.1) is 17.3 Å². The molecule has 0 spiro atoms. The van der Waals surface area contributed by atoms with Crippen LogP contribution >= 0.6 is 0 Å². The molecule has 2 nitrogen and oxygen atoms in total. The van der Waals surface area contributed by atoms with Gasteiger partial charge in [-0.1, -0.05) is 30.3 Å². The van der Waals surface area contributed by atoms with Crippen LogP contribution in [-0.2, 0) is 0 Å². The van der Waals surface area contributed by atoms with Crippen molar-refractivity contribution in [3.8, 4) is 0 Å². The Morgan fingerprint density at radius 3 is 2.52 bits per heavy atom. The maximum absolute atomic E-state index is 13.4. The number of aryl methyl sites for hydroxylation is 2. The molecule has 0 radical (unpaired) electrons. The number of pyridine rings is 1. The molecule has 3 rings (SSSR count). The molecule has 2 N–H and O–H groups in total. The van der Waals surface area contributed by atoms with E-state index in [1.165, 1.54) is 6.07 Å². The highest BCUT2D eigenvalue weighted by Crippen LogP contribution is 2.24.